The summed E-state index contributed by atoms with van der Waals surface area (Å²) in [7, 11) is 0. The van der Waals surface area contributed by atoms with E-state index >= 15 is 0 Å². The van der Waals surface area contributed by atoms with Gasteiger partial charge in [0.05, 0.1) is 0 Å². The molecule has 0 bridgehead atoms. The van der Waals surface area contributed by atoms with Crippen LogP contribution < -0.4 is 0 Å². The number of halogens is 2. The van der Waals surface area contributed by atoms with Gasteiger partial charge in [-0.2, -0.15) is 11.8 Å². The Labute approximate surface area is 116 Å². The lowest BCUT2D eigenvalue weighted by Gasteiger charge is -2.10. The first-order valence-corrected chi connectivity index (χ1v) is 7.31. The minimum Gasteiger partial charge on any atom is -0.207 e. The van der Waals surface area contributed by atoms with Gasteiger partial charge in [0.15, 0.2) is 0 Å². The molecule has 0 heterocycles. The van der Waals surface area contributed by atoms with Crippen molar-refractivity contribution in [3.05, 3.63) is 70.3 Å². The second-order valence-electron chi connectivity index (χ2n) is 4.56. The molecule has 0 radical (unpaired) electrons. The molecule has 3 heteroatoms. The van der Waals surface area contributed by atoms with Crippen LogP contribution in [0.1, 0.15) is 22.3 Å². The summed E-state index contributed by atoms with van der Waals surface area (Å²) in [4.78, 5) is 0. The van der Waals surface area contributed by atoms with E-state index < -0.39 is 11.6 Å². The number of hydrogen-bond donors (Lipinski definition) is 0. The third-order valence-electron chi connectivity index (χ3n) is 3.20. The van der Waals surface area contributed by atoms with Crippen LogP contribution in [-0.2, 0) is 11.5 Å². The van der Waals surface area contributed by atoms with E-state index in [-0.39, 0.29) is 5.56 Å². The van der Waals surface area contributed by atoms with Gasteiger partial charge in [0, 0.05) is 17.1 Å². The lowest BCUT2D eigenvalue weighted by Crippen LogP contribution is -1.95. The highest BCUT2D eigenvalue weighted by atomic mass is 32.2. The zero-order chi connectivity index (χ0) is 13.8. The normalized spacial score (nSPS) is 10.7. The van der Waals surface area contributed by atoms with Crippen molar-refractivity contribution in [2.75, 3.05) is 0 Å². The van der Waals surface area contributed by atoms with Crippen molar-refractivity contribution in [1.82, 2.24) is 0 Å². The topological polar surface area (TPSA) is 0 Å². The first kappa shape index (κ1) is 14.1. The standard InChI is InChI=1S/C16H16F2S/c1-11-5-3-6-12(2)13(11)9-19-10-14-15(17)7-4-8-16(14)18/h3-8H,9-10H2,1-2H3. The van der Waals surface area contributed by atoms with Crippen LogP contribution in [0.25, 0.3) is 0 Å². The van der Waals surface area contributed by atoms with E-state index in [1.54, 1.807) is 0 Å². The Morgan fingerprint density at radius 3 is 1.84 bits per heavy atom. The van der Waals surface area contributed by atoms with Crippen LogP contribution in [0.2, 0.25) is 0 Å². The zero-order valence-electron chi connectivity index (χ0n) is 11.0. The molecule has 0 amide bonds. The van der Waals surface area contributed by atoms with Gasteiger partial charge in [0.1, 0.15) is 11.6 Å². The molecular formula is C16H16F2S. The minimum atomic E-state index is -0.464. The fourth-order valence-electron chi connectivity index (χ4n) is 2.00. The molecule has 0 saturated heterocycles. The summed E-state index contributed by atoms with van der Waals surface area (Å²) < 4.78 is 27.0. The molecule has 0 aliphatic carbocycles. The van der Waals surface area contributed by atoms with Crippen LogP contribution in [0.5, 0.6) is 0 Å². The number of thioether (sulfide) groups is 1. The van der Waals surface area contributed by atoms with Crippen molar-refractivity contribution < 1.29 is 8.78 Å². The Kier molecular flexibility index (Phi) is 4.59. The maximum Gasteiger partial charge on any atom is 0.130 e. The van der Waals surface area contributed by atoms with Crippen LogP contribution in [0, 0.1) is 25.5 Å². The Morgan fingerprint density at radius 2 is 1.26 bits per heavy atom. The highest BCUT2D eigenvalue weighted by molar-refractivity contribution is 7.97. The molecule has 0 saturated carbocycles. The summed E-state index contributed by atoms with van der Waals surface area (Å²) in [5.41, 5.74) is 3.87. The molecule has 2 rings (SSSR count). The van der Waals surface area contributed by atoms with Crippen LogP contribution >= 0.6 is 11.8 Å². The Hall–Kier alpha value is -1.35. The van der Waals surface area contributed by atoms with Crippen LogP contribution in [-0.4, -0.2) is 0 Å². The van der Waals surface area contributed by atoms with Crippen molar-refractivity contribution in [1.29, 1.82) is 0 Å². The SMILES string of the molecule is Cc1cccc(C)c1CSCc1c(F)cccc1F. The van der Waals surface area contributed by atoms with E-state index in [1.807, 2.05) is 6.07 Å². The number of rotatable bonds is 4. The monoisotopic (exact) mass is 278 g/mol. The van der Waals surface area contributed by atoms with Gasteiger partial charge in [-0.1, -0.05) is 24.3 Å². The highest BCUT2D eigenvalue weighted by Crippen LogP contribution is 2.25. The van der Waals surface area contributed by atoms with Gasteiger partial charge in [-0.05, 0) is 42.7 Å². The lowest BCUT2D eigenvalue weighted by molar-refractivity contribution is 0.566. The molecule has 19 heavy (non-hydrogen) atoms. The molecule has 100 valence electrons. The molecule has 0 spiro atoms. The maximum absolute atomic E-state index is 13.5. The van der Waals surface area contributed by atoms with Gasteiger partial charge in [0.2, 0.25) is 0 Å². The summed E-state index contributed by atoms with van der Waals surface area (Å²) in [6.45, 7) is 4.12. The smallest absolute Gasteiger partial charge is 0.130 e. The minimum absolute atomic E-state index is 0.165. The largest absolute Gasteiger partial charge is 0.207 e. The quantitative estimate of drug-likeness (QED) is 0.757. The fourth-order valence-corrected chi connectivity index (χ4v) is 3.24. The van der Waals surface area contributed by atoms with Gasteiger partial charge in [-0.15, -0.1) is 0 Å². The summed E-state index contributed by atoms with van der Waals surface area (Å²) >= 11 is 1.54. The molecule has 0 aliphatic rings. The molecule has 0 nitrogen and oxygen atoms in total. The predicted octanol–water partition coefficient (Wildman–Crippen LogP) is 5.02. The zero-order valence-corrected chi connectivity index (χ0v) is 11.9. The van der Waals surface area contributed by atoms with Gasteiger partial charge >= 0.3 is 0 Å². The van der Waals surface area contributed by atoms with Crippen LogP contribution in [0.15, 0.2) is 36.4 Å². The molecular weight excluding hydrogens is 262 g/mol. The van der Waals surface area contributed by atoms with Gasteiger partial charge in [-0.3, -0.25) is 0 Å². The number of hydrogen-bond acceptors (Lipinski definition) is 1. The van der Waals surface area contributed by atoms with Crippen molar-refractivity contribution in [3.63, 3.8) is 0 Å². The molecule has 2 aromatic rings. The summed E-state index contributed by atoms with van der Waals surface area (Å²) in [6.07, 6.45) is 0. The lowest BCUT2D eigenvalue weighted by atomic mass is 10.1. The molecule has 0 aliphatic heterocycles. The average molecular weight is 278 g/mol. The number of aryl methyl sites for hydroxylation is 2. The van der Waals surface area contributed by atoms with Gasteiger partial charge in [-0.25, -0.2) is 8.78 Å². The van der Waals surface area contributed by atoms with Crippen molar-refractivity contribution in [2.24, 2.45) is 0 Å². The third kappa shape index (κ3) is 3.35. The molecule has 0 N–H and O–H groups in total. The highest BCUT2D eigenvalue weighted by Gasteiger charge is 2.09. The Bertz CT molecular complexity index is 487. The molecule has 2 aromatic carbocycles. The molecule has 0 atom stereocenters. The number of benzene rings is 2. The van der Waals surface area contributed by atoms with E-state index in [1.165, 1.54) is 46.7 Å². The second-order valence-corrected chi connectivity index (χ2v) is 5.55. The van der Waals surface area contributed by atoms with Crippen molar-refractivity contribution >= 4 is 11.8 Å². The van der Waals surface area contributed by atoms with Crippen LogP contribution in [0.3, 0.4) is 0 Å². The Morgan fingerprint density at radius 1 is 0.789 bits per heavy atom. The first-order valence-electron chi connectivity index (χ1n) is 6.15. The van der Waals surface area contributed by atoms with Gasteiger partial charge < -0.3 is 0 Å². The van der Waals surface area contributed by atoms with E-state index in [0.29, 0.717) is 5.75 Å². The first-order chi connectivity index (χ1) is 9.09. The molecule has 0 aromatic heterocycles. The molecule has 0 fully saturated rings. The summed E-state index contributed by atoms with van der Waals surface area (Å²) in [5.74, 6) is 0.196. The van der Waals surface area contributed by atoms with E-state index in [4.69, 9.17) is 0 Å². The van der Waals surface area contributed by atoms with Gasteiger partial charge in [0.25, 0.3) is 0 Å². The fraction of sp³-hybridized carbons (Fsp3) is 0.250. The van der Waals surface area contributed by atoms with Crippen LogP contribution in [0.4, 0.5) is 8.78 Å². The average Bonchev–Trinajstić information content (AvgIpc) is 2.36. The van der Waals surface area contributed by atoms with Crippen molar-refractivity contribution in [3.8, 4) is 0 Å². The molecule has 0 unspecified atom stereocenters. The van der Waals surface area contributed by atoms with Crippen molar-refractivity contribution in [2.45, 2.75) is 25.4 Å². The predicted molar refractivity (Wildman–Crippen MR) is 77.3 cm³/mol. The van der Waals surface area contributed by atoms with E-state index in [9.17, 15) is 8.78 Å². The summed E-state index contributed by atoms with van der Waals surface area (Å²) in [5, 5.41) is 0. The second kappa shape index (κ2) is 6.20. The van der Waals surface area contributed by atoms with E-state index in [2.05, 4.69) is 26.0 Å². The maximum atomic E-state index is 13.5. The summed E-state index contributed by atoms with van der Waals surface area (Å²) in [6, 6.07) is 10.1. The third-order valence-corrected chi connectivity index (χ3v) is 4.18. The van der Waals surface area contributed by atoms with E-state index in [0.717, 1.165) is 5.75 Å². The Balaban J connectivity index is 2.05.